The van der Waals surface area contributed by atoms with Crippen molar-refractivity contribution in [3.8, 4) is 11.8 Å². The minimum atomic E-state index is -0.669. The Labute approximate surface area is 187 Å². The molecule has 7 heteroatoms. The van der Waals surface area contributed by atoms with Gasteiger partial charge in [-0.25, -0.2) is 0 Å². The molecule has 166 valence electrons. The third kappa shape index (κ3) is 8.84. The minimum absolute atomic E-state index is 0.00330. The number of Topliss-reactive ketones (excluding diaryl/α,β-unsaturated/α-hetero) is 1. The summed E-state index contributed by atoms with van der Waals surface area (Å²) in [5.41, 5.74) is 8.86. The van der Waals surface area contributed by atoms with E-state index < -0.39 is 17.7 Å². The number of aryl methyl sites for hydroxylation is 2. The minimum Gasteiger partial charge on any atom is -0.368 e. The summed E-state index contributed by atoms with van der Waals surface area (Å²) in [5, 5.41) is 4.67. The van der Waals surface area contributed by atoms with E-state index in [4.69, 9.17) is 5.73 Å². The Hall–Kier alpha value is -3.92. The zero-order valence-electron chi connectivity index (χ0n) is 18.1. The van der Waals surface area contributed by atoms with Crippen LogP contribution in [0.2, 0.25) is 0 Å². The molecule has 0 fully saturated rings. The van der Waals surface area contributed by atoms with Crippen molar-refractivity contribution in [2.45, 2.75) is 32.6 Å². The molecule has 0 saturated carbocycles. The third-order valence-corrected chi connectivity index (χ3v) is 4.70. The van der Waals surface area contributed by atoms with Crippen LogP contribution in [-0.2, 0) is 25.6 Å². The van der Waals surface area contributed by atoms with Gasteiger partial charge in [0, 0.05) is 30.4 Å². The third-order valence-electron chi connectivity index (χ3n) is 4.70. The number of hydrogen-bond donors (Lipinski definition) is 3. The van der Waals surface area contributed by atoms with E-state index in [9.17, 15) is 19.2 Å². The number of nitrogens with one attached hydrogen (secondary N) is 2. The number of rotatable bonds is 10. The van der Waals surface area contributed by atoms with E-state index in [1.165, 1.54) is 0 Å². The zero-order chi connectivity index (χ0) is 23.3. The molecule has 0 atom stereocenters. The molecule has 0 unspecified atom stereocenters. The van der Waals surface area contributed by atoms with E-state index in [0.29, 0.717) is 12.8 Å². The molecular weight excluding hydrogens is 406 g/mol. The summed E-state index contributed by atoms with van der Waals surface area (Å²) in [6.07, 6.45) is 0.923. The largest absolute Gasteiger partial charge is 0.368 e. The first-order valence-corrected chi connectivity index (χ1v) is 10.3. The lowest BCUT2D eigenvalue weighted by molar-refractivity contribution is -0.128. The molecule has 2 aromatic rings. The van der Waals surface area contributed by atoms with Gasteiger partial charge < -0.3 is 16.4 Å². The van der Waals surface area contributed by atoms with Gasteiger partial charge in [0.25, 0.3) is 0 Å². The monoisotopic (exact) mass is 433 g/mol. The van der Waals surface area contributed by atoms with Crippen molar-refractivity contribution in [3.63, 3.8) is 0 Å². The molecule has 2 rings (SSSR count). The van der Waals surface area contributed by atoms with Gasteiger partial charge in [-0.1, -0.05) is 48.2 Å². The lowest BCUT2D eigenvalue weighted by Gasteiger charge is -2.06. The van der Waals surface area contributed by atoms with E-state index in [1.807, 2.05) is 55.5 Å². The summed E-state index contributed by atoms with van der Waals surface area (Å²) in [4.78, 5) is 46.1. The highest BCUT2D eigenvalue weighted by molar-refractivity contribution is 5.89. The lowest BCUT2D eigenvalue weighted by Crippen LogP contribution is -2.40. The second kappa shape index (κ2) is 12.7. The fourth-order valence-corrected chi connectivity index (χ4v) is 2.88. The number of amides is 3. The number of benzene rings is 2. The van der Waals surface area contributed by atoms with E-state index in [2.05, 4.69) is 22.5 Å². The van der Waals surface area contributed by atoms with Crippen LogP contribution in [0.4, 0.5) is 0 Å². The molecule has 0 radical (unpaired) electrons. The van der Waals surface area contributed by atoms with E-state index >= 15 is 0 Å². The van der Waals surface area contributed by atoms with Gasteiger partial charge in [0.05, 0.1) is 13.1 Å². The average molecular weight is 434 g/mol. The Bertz CT molecular complexity index is 1050. The number of primary amides is 1. The Balaban J connectivity index is 1.80. The van der Waals surface area contributed by atoms with Crippen LogP contribution in [0.25, 0.3) is 0 Å². The lowest BCUT2D eigenvalue weighted by atomic mass is 10.00. The van der Waals surface area contributed by atoms with Crippen LogP contribution >= 0.6 is 0 Å². The highest BCUT2D eigenvalue weighted by Gasteiger charge is 2.10. The summed E-state index contributed by atoms with van der Waals surface area (Å²) in [7, 11) is 0. The number of carbonyl (C=O) groups excluding carboxylic acids is 4. The predicted octanol–water partition coefficient (Wildman–Crippen LogP) is 1.39. The molecular formula is C25H27N3O4. The van der Waals surface area contributed by atoms with Crippen LogP contribution in [0.5, 0.6) is 0 Å². The molecule has 2 aromatic carbocycles. The molecule has 0 heterocycles. The molecule has 0 saturated heterocycles. The molecule has 0 aliphatic rings. The number of ketones is 1. The summed E-state index contributed by atoms with van der Waals surface area (Å²) >= 11 is 0. The number of hydrogen-bond acceptors (Lipinski definition) is 4. The summed E-state index contributed by atoms with van der Waals surface area (Å²) in [6, 6.07) is 15.6. The average Bonchev–Trinajstić information content (AvgIpc) is 2.78. The standard InChI is InChI=1S/C25H27N3O4/c1-18-6-2-3-7-19(18)10-11-20-8-4-5-9-21(20)12-13-22(29)14-15-24(31)28-17-25(32)27-16-23(26)30/h2-9H,12-17H2,1H3,(H2,26,30)(H,27,32)(H,28,31). The molecule has 0 bridgehead atoms. The normalized spacial score (nSPS) is 9.91. The Morgan fingerprint density at radius 1 is 0.781 bits per heavy atom. The van der Waals surface area contributed by atoms with Gasteiger partial charge >= 0.3 is 0 Å². The van der Waals surface area contributed by atoms with Gasteiger partial charge in [0.1, 0.15) is 5.78 Å². The first-order chi connectivity index (χ1) is 15.3. The van der Waals surface area contributed by atoms with E-state index in [1.54, 1.807) is 0 Å². The Morgan fingerprint density at radius 3 is 2.12 bits per heavy atom. The molecule has 7 nitrogen and oxygen atoms in total. The molecule has 0 aliphatic heterocycles. The van der Waals surface area contributed by atoms with Gasteiger partial charge in [-0.15, -0.1) is 0 Å². The van der Waals surface area contributed by atoms with E-state index in [0.717, 1.165) is 22.3 Å². The molecule has 0 spiro atoms. The molecule has 4 N–H and O–H groups in total. The quantitative estimate of drug-likeness (QED) is 0.491. The second-order valence-corrected chi connectivity index (χ2v) is 7.28. The Morgan fingerprint density at radius 2 is 1.41 bits per heavy atom. The fourth-order valence-electron chi connectivity index (χ4n) is 2.88. The summed E-state index contributed by atoms with van der Waals surface area (Å²) in [5.74, 6) is 4.75. The van der Waals surface area contributed by atoms with Crippen molar-refractivity contribution in [2.24, 2.45) is 5.73 Å². The second-order valence-electron chi connectivity index (χ2n) is 7.28. The van der Waals surface area contributed by atoms with Crippen LogP contribution in [0.1, 0.15) is 41.5 Å². The number of nitrogens with two attached hydrogens (primary N) is 1. The van der Waals surface area contributed by atoms with Crippen molar-refractivity contribution in [3.05, 3.63) is 70.8 Å². The SMILES string of the molecule is Cc1ccccc1C#Cc1ccccc1CCC(=O)CCC(=O)NCC(=O)NCC(N)=O. The molecule has 0 aliphatic carbocycles. The van der Waals surface area contributed by atoms with E-state index in [-0.39, 0.29) is 31.7 Å². The first kappa shape index (κ1) is 24.4. The van der Waals surface area contributed by atoms with Crippen molar-refractivity contribution >= 4 is 23.5 Å². The maximum Gasteiger partial charge on any atom is 0.239 e. The van der Waals surface area contributed by atoms with Crippen molar-refractivity contribution in [2.75, 3.05) is 13.1 Å². The summed E-state index contributed by atoms with van der Waals surface area (Å²) < 4.78 is 0. The zero-order valence-corrected chi connectivity index (χ0v) is 18.1. The fraction of sp³-hybridized carbons (Fsp3) is 0.280. The van der Waals surface area contributed by atoms with Gasteiger partial charge in [0.15, 0.2) is 0 Å². The number of carbonyl (C=O) groups is 4. The van der Waals surface area contributed by atoms with Gasteiger partial charge in [-0.2, -0.15) is 0 Å². The molecule has 3 amide bonds. The van der Waals surface area contributed by atoms with Crippen LogP contribution < -0.4 is 16.4 Å². The maximum absolute atomic E-state index is 12.2. The predicted molar refractivity (Wildman–Crippen MR) is 121 cm³/mol. The Kier molecular flexibility index (Phi) is 9.67. The van der Waals surface area contributed by atoms with Gasteiger partial charge in [-0.05, 0) is 36.6 Å². The topological polar surface area (TPSA) is 118 Å². The van der Waals surface area contributed by atoms with Crippen molar-refractivity contribution < 1.29 is 19.2 Å². The van der Waals surface area contributed by atoms with Crippen LogP contribution in [0.3, 0.4) is 0 Å². The molecule has 0 aromatic heterocycles. The molecule has 32 heavy (non-hydrogen) atoms. The maximum atomic E-state index is 12.2. The van der Waals surface area contributed by atoms with Crippen molar-refractivity contribution in [1.29, 1.82) is 0 Å². The van der Waals surface area contributed by atoms with Gasteiger partial charge in [-0.3, -0.25) is 19.2 Å². The highest BCUT2D eigenvalue weighted by atomic mass is 16.2. The first-order valence-electron chi connectivity index (χ1n) is 10.3. The van der Waals surface area contributed by atoms with Crippen molar-refractivity contribution in [1.82, 2.24) is 10.6 Å². The van der Waals surface area contributed by atoms with Crippen LogP contribution in [-0.4, -0.2) is 36.6 Å². The van der Waals surface area contributed by atoms with Gasteiger partial charge in [0.2, 0.25) is 17.7 Å². The highest BCUT2D eigenvalue weighted by Crippen LogP contribution is 2.12. The van der Waals surface area contributed by atoms with Crippen LogP contribution in [0, 0.1) is 18.8 Å². The van der Waals surface area contributed by atoms with Crippen LogP contribution in [0.15, 0.2) is 48.5 Å². The smallest absolute Gasteiger partial charge is 0.239 e. The summed E-state index contributed by atoms with van der Waals surface area (Å²) in [6.45, 7) is 1.45.